The van der Waals surface area contributed by atoms with Crippen molar-refractivity contribution in [2.75, 3.05) is 24.5 Å². The monoisotopic (exact) mass is 473 g/mol. The summed E-state index contributed by atoms with van der Waals surface area (Å²) < 4.78 is 30.1. The molecule has 2 atom stereocenters. The van der Waals surface area contributed by atoms with E-state index in [0.29, 0.717) is 55.1 Å². The van der Waals surface area contributed by atoms with E-state index >= 15 is 0 Å². The maximum absolute atomic E-state index is 14.6. The van der Waals surface area contributed by atoms with E-state index < -0.39 is 12.2 Å². The first kappa shape index (κ1) is 22.9. The number of fused-ring (bicyclic) bond motifs is 1. The first-order valence-corrected chi connectivity index (χ1v) is 11.9. The van der Waals surface area contributed by atoms with E-state index in [1.54, 1.807) is 16.9 Å². The summed E-state index contributed by atoms with van der Waals surface area (Å²) in [5.74, 6) is -0.578. The number of hydrogen-bond acceptors (Lipinski definition) is 6. The predicted octanol–water partition coefficient (Wildman–Crippen LogP) is 3.75. The van der Waals surface area contributed by atoms with Gasteiger partial charge < -0.3 is 15.1 Å². The largest absolute Gasteiger partial charge is 0.481 e. The molecule has 8 nitrogen and oxygen atoms in total. The van der Waals surface area contributed by atoms with Gasteiger partial charge in [-0.15, -0.1) is 0 Å². The summed E-state index contributed by atoms with van der Waals surface area (Å²) in [4.78, 5) is 19.7. The summed E-state index contributed by atoms with van der Waals surface area (Å²) in [7, 11) is 0. The number of aliphatic hydroxyl groups excluding tert-OH is 1. The number of carbonyl (C=O) groups is 1. The van der Waals surface area contributed by atoms with Crippen LogP contribution in [-0.2, 0) is 4.79 Å². The average molecular weight is 474 g/mol. The third kappa shape index (κ3) is 4.44. The highest BCUT2D eigenvalue weighted by atomic mass is 19.1. The third-order valence-corrected chi connectivity index (χ3v) is 7.23. The van der Waals surface area contributed by atoms with Crippen LogP contribution in [-0.4, -0.2) is 61.4 Å². The fourth-order valence-corrected chi connectivity index (χ4v) is 5.40. The van der Waals surface area contributed by atoms with Crippen LogP contribution >= 0.6 is 0 Å². The smallest absolute Gasteiger partial charge is 0.303 e. The van der Waals surface area contributed by atoms with E-state index in [1.165, 1.54) is 6.08 Å². The maximum Gasteiger partial charge on any atom is 0.303 e. The van der Waals surface area contributed by atoms with Gasteiger partial charge in [-0.2, -0.15) is 5.10 Å². The lowest BCUT2D eigenvalue weighted by Gasteiger charge is -2.34. The van der Waals surface area contributed by atoms with Gasteiger partial charge in [-0.1, -0.05) is 0 Å². The Hall–Kier alpha value is -2.85. The lowest BCUT2D eigenvalue weighted by molar-refractivity contribution is -0.138. The summed E-state index contributed by atoms with van der Waals surface area (Å²) >= 11 is 0. The number of hydrogen-bond donors (Lipinski definition) is 2. The summed E-state index contributed by atoms with van der Waals surface area (Å²) in [5, 5.41) is 24.4. The van der Waals surface area contributed by atoms with E-state index in [1.807, 2.05) is 15.9 Å². The van der Waals surface area contributed by atoms with Gasteiger partial charge in [0, 0.05) is 50.7 Å². The second-order valence-corrected chi connectivity index (χ2v) is 9.41. The third-order valence-electron chi connectivity index (χ3n) is 7.23. The van der Waals surface area contributed by atoms with Crippen molar-refractivity contribution >= 4 is 17.4 Å². The zero-order chi connectivity index (χ0) is 23.8. The second kappa shape index (κ2) is 9.42. The van der Waals surface area contributed by atoms with Gasteiger partial charge in [-0.25, -0.2) is 18.3 Å². The summed E-state index contributed by atoms with van der Waals surface area (Å²) in [5.41, 5.74) is 1.49. The molecule has 0 amide bonds. The zero-order valence-electron chi connectivity index (χ0n) is 18.9. The van der Waals surface area contributed by atoms with Gasteiger partial charge in [-0.3, -0.25) is 9.69 Å². The minimum absolute atomic E-state index is 0.0938. The van der Waals surface area contributed by atoms with E-state index in [4.69, 9.17) is 10.1 Å². The van der Waals surface area contributed by atoms with Gasteiger partial charge in [0.1, 0.15) is 23.7 Å². The van der Waals surface area contributed by atoms with E-state index in [-0.39, 0.29) is 42.9 Å². The Kier molecular flexibility index (Phi) is 6.35. The molecule has 3 aliphatic rings. The molecule has 5 rings (SSSR count). The van der Waals surface area contributed by atoms with Crippen LogP contribution in [0.4, 0.5) is 14.6 Å². The van der Waals surface area contributed by atoms with Crippen molar-refractivity contribution in [2.45, 2.75) is 57.2 Å². The molecule has 182 valence electrons. The SMILES string of the molecule is O=C(O)CC1CCN(C(O)c2cnn3ccc(N4CCCC4C4=C(F)CCC(F)=C4)nc23)CC1. The highest BCUT2D eigenvalue weighted by Crippen LogP contribution is 2.36. The predicted molar refractivity (Wildman–Crippen MR) is 121 cm³/mol. The number of halogens is 2. The molecule has 2 unspecified atom stereocenters. The quantitative estimate of drug-likeness (QED) is 0.660. The number of aliphatic carboxylic acids is 1. The highest BCUT2D eigenvalue weighted by molar-refractivity contribution is 5.67. The number of aromatic nitrogens is 3. The van der Waals surface area contributed by atoms with E-state index in [0.717, 1.165) is 12.8 Å². The molecule has 0 saturated carbocycles. The van der Waals surface area contributed by atoms with Crippen molar-refractivity contribution in [1.29, 1.82) is 0 Å². The van der Waals surface area contributed by atoms with Crippen LogP contribution < -0.4 is 4.90 Å². The number of rotatable bonds is 6. The number of aliphatic hydroxyl groups is 1. The molecular formula is C24H29F2N5O3. The van der Waals surface area contributed by atoms with Gasteiger partial charge in [-0.05, 0) is 43.7 Å². The molecule has 2 aliphatic heterocycles. The molecule has 4 heterocycles. The number of anilines is 1. The van der Waals surface area contributed by atoms with E-state index in [2.05, 4.69) is 5.10 Å². The molecule has 0 radical (unpaired) electrons. The fraction of sp³-hybridized carbons (Fsp3) is 0.542. The van der Waals surface area contributed by atoms with Crippen molar-refractivity contribution in [3.8, 4) is 0 Å². The van der Waals surface area contributed by atoms with Crippen molar-refractivity contribution in [2.24, 2.45) is 5.92 Å². The average Bonchev–Trinajstić information content (AvgIpc) is 3.47. The molecule has 2 fully saturated rings. The number of nitrogens with zero attached hydrogens (tertiary/aromatic N) is 5. The Morgan fingerprint density at radius 3 is 2.74 bits per heavy atom. The molecule has 1 aliphatic carbocycles. The molecule has 2 aromatic heterocycles. The van der Waals surface area contributed by atoms with Crippen molar-refractivity contribution in [1.82, 2.24) is 19.5 Å². The summed E-state index contributed by atoms with van der Waals surface area (Å²) in [6.07, 6.45) is 7.14. The zero-order valence-corrected chi connectivity index (χ0v) is 18.9. The Morgan fingerprint density at radius 2 is 1.97 bits per heavy atom. The first-order chi connectivity index (χ1) is 16.4. The molecule has 34 heavy (non-hydrogen) atoms. The number of allylic oxidation sites excluding steroid dienone is 2. The minimum Gasteiger partial charge on any atom is -0.481 e. The van der Waals surface area contributed by atoms with Crippen LogP contribution in [0.15, 0.2) is 41.8 Å². The first-order valence-electron chi connectivity index (χ1n) is 11.9. The lowest BCUT2D eigenvalue weighted by atomic mass is 9.93. The number of carboxylic acids is 1. The number of likely N-dealkylation sites (tertiary alicyclic amines) is 1. The molecule has 2 aromatic rings. The van der Waals surface area contributed by atoms with Gasteiger partial charge in [0.05, 0.1) is 17.8 Å². The second-order valence-electron chi connectivity index (χ2n) is 9.41. The molecule has 0 bridgehead atoms. The highest BCUT2D eigenvalue weighted by Gasteiger charge is 2.33. The molecule has 0 spiro atoms. The lowest BCUT2D eigenvalue weighted by Crippen LogP contribution is -2.37. The van der Waals surface area contributed by atoms with E-state index in [9.17, 15) is 18.7 Å². The molecule has 2 saturated heterocycles. The van der Waals surface area contributed by atoms with Gasteiger partial charge >= 0.3 is 5.97 Å². The van der Waals surface area contributed by atoms with Gasteiger partial charge in [0.2, 0.25) is 0 Å². The minimum atomic E-state index is -0.907. The molecule has 2 N–H and O–H groups in total. The summed E-state index contributed by atoms with van der Waals surface area (Å²) in [6, 6.07) is 1.54. The van der Waals surface area contributed by atoms with Crippen LogP contribution in [0, 0.1) is 5.92 Å². The van der Waals surface area contributed by atoms with Crippen molar-refractivity contribution in [3.63, 3.8) is 0 Å². The molecule has 10 heteroatoms. The van der Waals surface area contributed by atoms with Crippen molar-refractivity contribution < 1.29 is 23.8 Å². The van der Waals surface area contributed by atoms with Crippen LogP contribution in [0.2, 0.25) is 0 Å². The number of piperidine rings is 1. The molecular weight excluding hydrogens is 444 g/mol. The van der Waals surface area contributed by atoms with Gasteiger partial charge in [0.15, 0.2) is 5.65 Å². The van der Waals surface area contributed by atoms with Crippen molar-refractivity contribution in [3.05, 3.63) is 47.3 Å². The Labute approximate surface area is 196 Å². The van der Waals surface area contributed by atoms with Crippen LogP contribution in [0.25, 0.3) is 5.65 Å². The molecule has 0 aromatic carbocycles. The van der Waals surface area contributed by atoms with Crippen LogP contribution in [0.1, 0.15) is 56.7 Å². The standard InChI is InChI=1S/C24H29F2N5O3/c25-16-3-4-19(26)17(13-16)20-2-1-8-30(20)21-7-11-31-23(28-21)18(14-27-31)24(34)29-9-5-15(6-10-29)12-22(32)33/h7,11,13-15,20,24,34H,1-6,8-10,12H2,(H,32,33). The maximum atomic E-state index is 14.6. The van der Waals surface area contributed by atoms with Crippen LogP contribution in [0.3, 0.4) is 0 Å². The summed E-state index contributed by atoms with van der Waals surface area (Å²) in [6.45, 7) is 1.87. The number of carboxylic acid groups (broad SMARTS) is 1. The normalized spacial score (nSPS) is 23.6. The topological polar surface area (TPSA) is 94.2 Å². The Morgan fingerprint density at radius 1 is 1.18 bits per heavy atom. The van der Waals surface area contributed by atoms with Gasteiger partial charge in [0.25, 0.3) is 0 Å². The Balaban J connectivity index is 1.38. The Bertz CT molecular complexity index is 1140. The fourth-order valence-electron chi connectivity index (χ4n) is 5.40. The van der Waals surface area contributed by atoms with Crippen LogP contribution in [0.5, 0.6) is 0 Å².